The fourth-order valence-electron chi connectivity index (χ4n) is 2.30. The van der Waals surface area contributed by atoms with Crippen LogP contribution in [-0.4, -0.2) is 12.2 Å². The molecule has 0 atom stereocenters. The normalized spacial score (nSPS) is 10.7. The number of hydrogen-bond acceptors (Lipinski definition) is 7. The molecule has 3 rings (SSSR count). The molecule has 3 aromatic carbocycles. The Morgan fingerprint density at radius 3 is 2.24 bits per heavy atom. The summed E-state index contributed by atoms with van der Waals surface area (Å²) in [7, 11) is 1.50. The number of para-hydroxylation sites is 2. The summed E-state index contributed by atoms with van der Waals surface area (Å²) >= 11 is 9.97. The van der Waals surface area contributed by atoms with Gasteiger partial charge in [0.2, 0.25) is 0 Å². The lowest BCUT2D eigenvalue weighted by atomic mass is 10.1. The smallest absolute Gasteiger partial charge is 0.253 e. The van der Waals surface area contributed by atoms with E-state index in [2.05, 4.69) is 23.3 Å². The number of ether oxygens (including phenoxy) is 1. The van der Waals surface area contributed by atoms with E-state index in [1.54, 1.807) is 24.3 Å². The molecule has 0 aliphatic rings. The maximum Gasteiger partial charge on any atom is 0.253 e. The van der Waals surface area contributed by atoms with Crippen molar-refractivity contribution in [1.29, 1.82) is 0 Å². The van der Waals surface area contributed by atoms with E-state index in [0.717, 1.165) is 0 Å². The highest BCUT2D eigenvalue weighted by atomic mass is 35.5. The minimum absolute atomic E-state index is 0.0428. The molecule has 0 saturated heterocycles. The van der Waals surface area contributed by atoms with Gasteiger partial charge in [-0.2, -0.15) is 0 Å². The summed E-state index contributed by atoms with van der Waals surface area (Å²) in [6.07, 6.45) is 0. The zero-order chi connectivity index (χ0) is 18.1. The SMILES string of the molecule is COc1ccccc1Nc1c(Nc2ccc(Cl)c(S)c2O)c(=O)c1=O. The first-order valence-corrected chi connectivity index (χ1v) is 7.97. The van der Waals surface area contributed by atoms with Crippen molar-refractivity contribution < 1.29 is 9.84 Å². The van der Waals surface area contributed by atoms with Crippen molar-refractivity contribution in [3.63, 3.8) is 0 Å². The van der Waals surface area contributed by atoms with E-state index in [4.69, 9.17) is 16.3 Å². The highest BCUT2D eigenvalue weighted by molar-refractivity contribution is 7.80. The molecule has 3 aromatic rings. The van der Waals surface area contributed by atoms with Gasteiger partial charge in [0, 0.05) is 0 Å². The molecule has 0 saturated carbocycles. The predicted octanol–water partition coefficient (Wildman–Crippen LogP) is 3.43. The highest BCUT2D eigenvalue weighted by Gasteiger charge is 2.23. The number of halogens is 1. The number of benzene rings is 2. The molecule has 0 radical (unpaired) electrons. The minimum Gasteiger partial charge on any atom is -0.505 e. The fourth-order valence-corrected chi connectivity index (χ4v) is 2.65. The fraction of sp³-hybridized carbons (Fsp3) is 0.0588. The van der Waals surface area contributed by atoms with Gasteiger partial charge in [-0.25, -0.2) is 0 Å². The largest absolute Gasteiger partial charge is 0.505 e. The van der Waals surface area contributed by atoms with Crippen LogP contribution in [0.4, 0.5) is 22.7 Å². The molecule has 0 heterocycles. The third kappa shape index (κ3) is 3.04. The topological polar surface area (TPSA) is 87.7 Å². The number of thiol groups is 1. The zero-order valence-corrected chi connectivity index (χ0v) is 14.6. The molecule has 0 aromatic heterocycles. The predicted molar refractivity (Wildman–Crippen MR) is 101 cm³/mol. The zero-order valence-electron chi connectivity index (χ0n) is 13.0. The molecule has 0 aliphatic heterocycles. The first-order valence-electron chi connectivity index (χ1n) is 7.14. The van der Waals surface area contributed by atoms with Crippen LogP contribution in [0.5, 0.6) is 11.5 Å². The van der Waals surface area contributed by atoms with Gasteiger partial charge in [-0.1, -0.05) is 23.7 Å². The Hall–Kier alpha value is -2.64. The Morgan fingerprint density at radius 1 is 1.00 bits per heavy atom. The van der Waals surface area contributed by atoms with E-state index in [9.17, 15) is 14.7 Å². The molecule has 0 aliphatic carbocycles. The molecular weight excluding hydrogens is 364 g/mol. The summed E-state index contributed by atoms with van der Waals surface area (Å²) in [5, 5.41) is 16.0. The number of nitrogens with one attached hydrogen (secondary N) is 2. The summed E-state index contributed by atoms with van der Waals surface area (Å²) in [5.74, 6) is 0.306. The van der Waals surface area contributed by atoms with E-state index in [1.807, 2.05) is 0 Å². The average molecular weight is 377 g/mol. The summed E-state index contributed by atoms with van der Waals surface area (Å²) in [4.78, 5) is 24.0. The second kappa shape index (κ2) is 6.70. The lowest BCUT2D eigenvalue weighted by molar-refractivity contribution is 0.417. The van der Waals surface area contributed by atoms with E-state index in [1.165, 1.54) is 19.2 Å². The van der Waals surface area contributed by atoms with Crippen molar-refractivity contribution in [2.24, 2.45) is 0 Å². The third-order valence-corrected chi connectivity index (χ3v) is 4.54. The van der Waals surface area contributed by atoms with E-state index in [0.29, 0.717) is 11.4 Å². The third-order valence-electron chi connectivity index (χ3n) is 3.64. The van der Waals surface area contributed by atoms with Crippen molar-refractivity contribution in [2.75, 3.05) is 17.7 Å². The summed E-state index contributed by atoms with van der Waals surface area (Å²) in [5.41, 5.74) is -0.466. The number of phenolic OH excluding ortho intramolecular Hbond substituents is 1. The Morgan fingerprint density at radius 2 is 1.60 bits per heavy atom. The van der Waals surface area contributed by atoms with Gasteiger partial charge >= 0.3 is 0 Å². The molecule has 128 valence electrons. The Balaban J connectivity index is 1.95. The average Bonchev–Trinajstić information content (AvgIpc) is 2.64. The molecule has 0 unspecified atom stereocenters. The first-order chi connectivity index (χ1) is 11.9. The summed E-state index contributed by atoms with van der Waals surface area (Å²) in [6, 6.07) is 9.99. The molecule has 0 spiro atoms. The molecule has 3 N–H and O–H groups in total. The van der Waals surface area contributed by atoms with Crippen LogP contribution in [-0.2, 0) is 0 Å². The minimum atomic E-state index is -0.688. The van der Waals surface area contributed by atoms with Crippen molar-refractivity contribution in [3.05, 3.63) is 61.9 Å². The Labute approximate surface area is 153 Å². The number of rotatable bonds is 5. The maximum absolute atomic E-state index is 11.9. The Kier molecular flexibility index (Phi) is 4.61. The number of anilines is 4. The number of aromatic hydroxyl groups is 1. The van der Waals surface area contributed by atoms with Gasteiger partial charge in [-0.15, -0.1) is 12.6 Å². The van der Waals surface area contributed by atoms with Gasteiger partial charge in [0.25, 0.3) is 10.9 Å². The van der Waals surface area contributed by atoms with Gasteiger partial charge in [0.05, 0.1) is 28.4 Å². The maximum atomic E-state index is 11.9. The van der Waals surface area contributed by atoms with Crippen LogP contribution >= 0.6 is 24.2 Å². The number of phenols is 1. The van der Waals surface area contributed by atoms with Crippen molar-refractivity contribution >= 4 is 47.0 Å². The van der Waals surface area contributed by atoms with Gasteiger partial charge in [0.1, 0.15) is 17.1 Å². The van der Waals surface area contributed by atoms with Crippen LogP contribution in [0.2, 0.25) is 5.02 Å². The van der Waals surface area contributed by atoms with Gasteiger partial charge in [0.15, 0.2) is 5.75 Å². The van der Waals surface area contributed by atoms with Crippen LogP contribution in [0.25, 0.3) is 0 Å². The number of hydrogen-bond donors (Lipinski definition) is 4. The van der Waals surface area contributed by atoms with Gasteiger partial charge in [-0.3, -0.25) is 9.59 Å². The monoisotopic (exact) mass is 376 g/mol. The van der Waals surface area contributed by atoms with Crippen molar-refractivity contribution in [2.45, 2.75) is 4.90 Å². The first kappa shape index (κ1) is 17.2. The lowest BCUT2D eigenvalue weighted by Gasteiger charge is -2.17. The molecular formula is C17H13ClN2O4S. The molecule has 0 fully saturated rings. The molecule has 8 heteroatoms. The molecule has 6 nitrogen and oxygen atoms in total. The van der Waals surface area contributed by atoms with Crippen LogP contribution < -0.4 is 26.2 Å². The summed E-state index contributed by atoms with van der Waals surface area (Å²) < 4.78 is 5.21. The van der Waals surface area contributed by atoms with Crippen molar-refractivity contribution in [3.8, 4) is 11.5 Å². The molecule has 0 bridgehead atoms. The summed E-state index contributed by atoms with van der Waals surface area (Å²) in [6.45, 7) is 0. The second-order valence-electron chi connectivity index (χ2n) is 5.15. The quantitative estimate of drug-likeness (QED) is 0.310. The highest BCUT2D eigenvalue weighted by Crippen LogP contribution is 2.38. The number of methoxy groups -OCH3 is 1. The van der Waals surface area contributed by atoms with E-state index >= 15 is 0 Å². The van der Waals surface area contributed by atoms with Crippen LogP contribution in [0, 0.1) is 0 Å². The van der Waals surface area contributed by atoms with Gasteiger partial charge < -0.3 is 20.5 Å². The molecule has 0 amide bonds. The van der Waals surface area contributed by atoms with Gasteiger partial charge in [-0.05, 0) is 24.3 Å². The standard InChI is InChI=1S/C17H13ClN2O4S/c1-24-11-5-3-2-4-9(11)19-12-13(16(23)15(12)22)20-10-7-6-8(18)17(25)14(10)21/h2-7,19-21,25H,1H3. The van der Waals surface area contributed by atoms with E-state index in [-0.39, 0.29) is 32.7 Å². The van der Waals surface area contributed by atoms with Crippen molar-refractivity contribution in [1.82, 2.24) is 0 Å². The second-order valence-corrected chi connectivity index (χ2v) is 6.01. The lowest BCUT2D eigenvalue weighted by Crippen LogP contribution is -2.35. The Bertz CT molecular complexity index is 1030. The van der Waals surface area contributed by atoms with Crippen LogP contribution in [0.1, 0.15) is 0 Å². The van der Waals surface area contributed by atoms with Crippen LogP contribution in [0.3, 0.4) is 0 Å². The van der Waals surface area contributed by atoms with E-state index < -0.39 is 10.9 Å². The molecule has 25 heavy (non-hydrogen) atoms. The van der Waals surface area contributed by atoms with Crippen LogP contribution in [0.15, 0.2) is 50.9 Å².